The summed E-state index contributed by atoms with van der Waals surface area (Å²) >= 11 is 0. The lowest BCUT2D eigenvalue weighted by atomic mass is 10.2. The van der Waals surface area contributed by atoms with Crippen molar-refractivity contribution in [3.63, 3.8) is 0 Å². The first kappa shape index (κ1) is 21.8. The van der Waals surface area contributed by atoms with Crippen LogP contribution in [0.4, 0.5) is 5.82 Å². The maximum absolute atomic E-state index is 11.3. The van der Waals surface area contributed by atoms with E-state index in [0.29, 0.717) is 11.3 Å². The summed E-state index contributed by atoms with van der Waals surface area (Å²) in [6.45, 7) is -0.662. The van der Waals surface area contributed by atoms with Gasteiger partial charge in [-0.1, -0.05) is 0 Å². The molecule has 1 aliphatic heterocycles. The zero-order chi connectivity index (χ0) is 21.4. The Hall–Kier alpha value is -1.91. The molecular formula is C13H17N5O9P2. The Morgan fingerprint density at radius 2 is 2.07 bits per heavy atom. The van der Waals surface area contributed by atoms with Gasteiger partial charge in [0.2, 0.25) is 5.82 Å². The third kappa shape index (κ3) is 5.18. The predicted octanol–water partition coefficient (Wildman–Crippen LogP) is -0.276. The van der Waals surface area contributed by atoms with Gasteiger partial charge in [-0.25, -0.2) is 24.1 Å². The van der Waals surface area contributed by atoms with Crippen LogP contribution in [0.1, 0.15) is 18.5 Å². The number of phosphoric ester groups is 2. The van der Waals surface area contributed by atoms with Crippen LogP contribution >= 0.6 is 15.6 Å². The molecule has 0 spiro atoms. The molecule has 0 aliphatic carbocycles. The van der Waals surface area contributed by atoms with Crippen LogP contribution in [-0.2, 0) is 22.9 Å². The van der Waals surface area contributed by atoms with Crippen molar-refractivity contribution in [1.29, 1.82) is 0 Å². The Labute approximate surface area is 163 Å². The molecule has 16 heteroatoms. The third-order valence-electron chi connectivity index (χ3n) is 3.96. The van der Waals surface area contributed by atoms with E-state index >= 15 is 0 Å². The second kappa shape index (κ2) is 8.08. The SMILES string of the molecule is C#Cc1nc(NC)c2ncn([C@H]3C[C@H](OP(=O)(O)O)[C@@H](COP(=O)(O)O)O3)c2n1. The summed E-state index contributed by atoms with van der Waals surface area (Å²) in [6.07, 6.45) is 3.36. The number of imidazole rings is 1. The van der Waals surface area contributed by atoms with E-state index in [-0.39, 0.29) is 17.9 Å². The monoisotopic (exact) mass is 449 g/mol. The second-order valence-electron chi connectivity index (χ2n) is 5.90. The molecule has 0 radical (unpaired) electrons. The summed E-state index contributed by atoms with van der Waals surface area (Å²) in [7, 11) is -8.13. The maximum atomic E-state index is 11.3. The van der Waals surface area contributed by atoms with Crippen LogP contribution in [0.25, 0.3) is 11.2 Å². The van der Waals surface area contributed by atoms with Gasteiger partial charge in [0.15, 0.2) is 17.0 Å². The second-order valence-corrected chi connectivity index (χ2v) is 8.33. The average molecular weight is 449 g/mol. The zero-order valence-corrected chi connectivity index (χ0v) is 16.6. The van der Waals surface area contributed by atoms with Crippen molar-refractivity contribution >= 4 is 32.6 Å². The van der Waals surface area contributed by atoms with Crippen molar-refractivity contribution < 1.29 is 42.5 Å². The molecule has 14 nitrogen and oxygen atoms in total. The molecule has 0 saturated carbocycles. The van der Waals surface area contributed by atoms with Crippen LogP contribution in [0, 0.1) is 12.3 Å². The third-order valence-corrected chi connectivity index (χ3v) is 4.99. The standard InChI is InChI=1S/C13H17N5O9P2/c1-3-9-16-12(14-2)11-13(17-9)18(6-15-11)10-4-7(27-29(22,23)24)8(26-10)5-25-28(19,20)21/h1,6-8,10H,4-5H2,2H3,(H,14,16,17)(H2,19,20,21)(H2,22,23,24)/t7-,8+,10+/m0/s1. The highest BCUT2D eigenvalue weighted by molar-refractivity contribution is 7.46. The van der Waals surface area contributed by atoms with E-state index in [1.807, 2.05) is 0 Å². The van der Waals surface area contributed by atoms with Crippen molar-refractivity contribution in [2.24, 2.45) is 0 Å². The predicted molar refractivity (Wildman–Crippen MR) is 96.2 cm³/mol. The van der Waals surface area contributed by atoms with E-state index in [0.717, 1.165) is 0 Å². The molecule has 3 heterocycles. The van der Waals surface area contributed by atoms with Gasteiger partial charge in [0, 0.05) is 13.5 Å². The van der Waals surface area contributed by atoms with Gasteiger partial charge < -0.3 is 29.6 Å². The number of hydrogen-bond donors (Lipinski definition) is 5. The molecule has 2 aromatic rings. The van der Waals surface area contributed by atoms with Crippen LogP contribution in [0.2, 0.25) is 0 Å². The van der Waals surface area contributed by atoms with Gasteiger partial charge >= 0.3 is 15.6 Å². The molecule has 0 bridgehead atoms. The quantitative estimate of drug-likeness (QED) is 0.273. The van der Waals surface area contributed by atoms with E-state index < -0.39 is 40.7 Å². The lowest BCUT2D eigenvalue weighted by molar-refractivity contribution is -0.0417. The fraction of sp³-hybridized carbons (Fsp3) is 0.462. The highest BCUT2D eigenvalue weighted by Gasteiger charge is 2.42. The van der Waals surface area contributed by atoms with Crippen LogP contribution in [0.3, 0.4) is 0 Å². The number of terminal acetylenes is 1. The summed E-state index contributed by atoms with van der Waals surface area (Å²) in [5.41, 5.74) is 0.659. The molecule has 1 aliphatic rings. The van der Waals surface area contributed by atoms with Crippen LogP contribution in [0.5, 0.6) is 0 Å². The summed E-state index contributed by atoms with van der Waals surface area (Å²) in [5, 5.41) is 2.84. The van der Waals surface area contributed by atoms with Crippen molar-refractivity contribution in [2.75, 3.05) is 19.0 Å². The highest BCUT2D eigenvalue weighted by atomic mass is 31.2. The number of ether oxygens (including phenoxy) is 1. The minimum absolute atomic E-state index is 0.0750. The van der Waals surface area contributed by atoms with E-state index in [1.54, 1.807) is 7.05 Å². The largest absolute Gasteiger partial charge is 0.469 e. The smallest absolute Gasteiger partial charge is 0.371 e. The Bertz CT molecular complexity index is 1040. The molecule has 1 saturated heterocycles. The molecule has 0 aromatic carbocycles. The summed E-state index contributed by atoms with van der Waals surface area (Å²) in [6, 6.07) is 0. The molecule has 29 heavy (non-hydrogen) atoms. The molecule has 158 valence electrons. The van der Waals surface area contributed by atoms with Crippen LogP contribution in [0.15, 0.2) is 6.33 Å². The summed E-state index contributed by atoms with van der Waals surface area (Å²) in [5.74, 6) is 2.75. The number of nitrogens with zero attached hydrogens (tertiary/aromatic N) is 4. The minimum Gasteiger partial charge on any atom is -0.371 e. The van der Waals surface area contributed by atoms with Gasteiger partial charge in [-0.15, -0.1) is 6.42 Å². The fourth-order valence-electron chi connectivity index (χ4n) is 2.85. The topological polar surface area (TPSA) is 198 Å². The Morgan fingerprint density at radius 1 is 1.34 bits per heavy atom. The first-order valence-corrected chi connectivity index (χ1v) is 11.0. The molecule has 0 amide bonds. The number of phosphoric acid groups is 2. The molecule has 3 rings (SSSR count). The molecule has 0 unspecified atom stereocenters. The minimum atomic E-state index is -4.91. The first-order valence-electron chi connectivity index (χ1n) is 7.99. The maximum Gasteiger partial charge on any atom is 0.469 e. The number of aromatic nitrogens is 4. The zero-order valence-electron chi connectivity index (χ0n) is 14.8. The van der Waals surface area contributed by atoms with E-state index in [9.17, 15) is 9.13 Å². The van der Waals surface area contributed by atoms with Crippen molar-refractivity contribution in [3.8, 4) is 12.3 Å². The normalized spacial score (nSPS) is 22.7. The van der Waals surface area contributed by atoms with Crippen molar-refractivity contribution in [1.82, 2.24) is 19.5 Å². The number of rotatable bonds is 7. The molecule has 1 fully saturated rings. The van der Waals surface area contributed by atoms with Crippen molar-refractivity contribution in [3.05, 3.63) is 12.2 Å². The lowest BCUT2D eigenvalue weighted by Crippen LogP contribution is -2.28. The van der Waals surface area contributed by atoms with E-state index in [2.05, 4.69) is 30.7 Å². The average Bonchev–Trinajstić information content (AvgIpc) is 3.20. The molecule has 3 atom stereocenters. The van der Waals surface area contributed by atoms with Gasteiger partial charge in [-0.3, -0.25) is 13.6 Å². The van der Waals surface area contributed by atoms with E-state index in [1.165, 1.54) is 10.9 Å². The first-order chi connectivity index (χ1) is 13.5. The number of hydrogen-bond acceptors (Lipinski definition) is 9. The van der Waals surface area contributed by atoms with Gasteiger partial charge in [0.25, 0.3) is 0 Å². The van der Waals surface area contributed by atoms with Crippen LogP contribution in [-0.4, -0.2) is 65.0 Å². The summed E-state index contributed by atoms with van der Waals surface area (Å²) in [4.78, 5) is 48.5. The molecule has 5 N–H and O–H groups in total. The molecular weight excluding hydrogens is 432 g/mol. The van der Waals surface area contributed by atoms with Crippen molar-refractivity contribution in [2.45, 2.75) is 24.9 Å². The summed E-state index contributed by atoms with van der Waals surface area (Å²) < 4.78 is 38.5. The van der Waals surface area contributed by atoms with Crippen LogP contribution < -0.4 is 5.32 Å². The van der Waals surface area contributed by atoms with Gasteiger partial charge in [0.05, 0.1) is 12.9 Å². The van der Waals surface area contributed by atoms with E-state index in [4.69, 9.17) is 35.3 Å². The Kier molecular flexibility index (Phi) is 6.07. The van der Waals surface area contributed by atoms with Gasteiger partial charge in [-0.2, -0.15) is 0 Å². The molecule has 2 aromatic heterocycles. The van der Waals surface area contributed by atoms with Gasteiger partial charge in [-0.05, 0) is 5.92 Å². The fourth-order valence-corrected chi connectivity index (χ4v) is 3.76. The van der Waals surface area contributed by atoms with Gasteiger partial charge in [0.1, 0.15) is 18.4 Å². The number of fused-ring (bicyclic) bond motifs is 1. The Morgan fingerprint density at radius 3 is 2.66 bits per heavy atom. The number of anilines is 1. The number of nitrogens with one attached hydrogen (secondary N) is 1. The Balaban J connectivity index is 1.93. The lowest BCUT2D eigenvalue weighted by Gasteiger charge is -2.19. The highest BCUT2D eigenvalue weighted by Crippen LogP contribution is 2.45.